The maximum atomic E-state index is 12.2. The fraction of sp³-hybridized carbons (Fsp3) is 0.200. The quantitative estimate of drug-likeness (QED) is 0.498. The van der Waals surface area contributed by atoms with Crippen molar-refractivity contribution in [2.75, 3.05) is 11.9 Å². The number of cyclic esters (lactones) is 1. The van der Waals surface area contributed by atoms with Gasteiger partial charge in [-0.1, -0.05) is 18.2 Å². The Bertz CT molecular complexity index is 883. The molecule has 1 atom stereocenters. The molecule has 2 aromatic rings. The van der Waals surface area contributed by atoms with Crippen LogP contribution in [-0.4, -0.2) is 27.7 Å². The number of hydrogen-bond acceptors (Lipinski definition) is 6. The number of carbonyl (C=O) groups is 1. The van der Waals surface area contributed by atoms with Gasteiger partial charge in [0.25, 0.3) is 5.69 Å². The maximum absolute atomic E-state index is 12.2. The van der Waals surface area contributed by atoms with E-state index in [0.717, 1.165) is 11.3 Å². The van der Waals surface area contributed by atoms with E-state index in [1.807, 2.05) is 6.92 Å². The van der Waals surface area contributed by atoms with Crippen LogP contribution in [0.5, 0.6) is 0 Å². The number of anilines is 1. The number of nitro benzene ring substituents is 1. The van der Waals surface area contributed by atoms with Crippen molar-refractivity contribution in [1.82, 2.24) is 10.2 Å². The summed E-state index contributed by atoms with van der Waals surface area (Å²) in [6.45, 7) is 1.94. The molecule has 0 amide bonds. The van der Waals surface area contributed by atoms with Gasteiger partial charge in [0.1, 0.15) is 6.61 Å². The minimum atomic E-state index is -0.573. The number of nitro groups is 1. The first-order valence-electron chi connectivity index (χ1n) is 7.03. The zero-order valence-corrected chi connectivity index (χ0v) is 12.1. The Morgan fingerprint density at radius 1 is 1.39 bits per heavy atom. The molecule has 1 aromatic heterocycles. The summed E-state index contributed by atoms with van der Waals surface area (Å²) >= 11 is 0. The summed E-state index contributed by atoms with van der Waals surface area (Å²) in [5, 5.41) is 21.5. The van der Waals surface area contributed by atoms with Crippen molar-refractivity contribution in [3.8, 4) is 0 Å². The predicted octanol–water partition coefficient (Wildman–Crippen LogP) is 1.99. The summed E-state index contributed by atoms with van der Waals surface area (Å²) < 4.78 is 5.11. The van der Waals surface area contributed by atoms with Gasteiger partial charge in [-0.3, -0.25) is 15.2 Å². The SMILES string of the molecule is Cc1[nH]nc2c1C(c1ccccc1[N+](=O)[O-])C1=C(COC1=O)N2. The van der Waals surface area contributed by atoms with E-state index in [9.17, 15) is 14.9 Å². The van der Waals surface area contributed by atoms with Gasteiger partial charge in [-0.25, -0.2) is 4.79 Å². The first kappa shape index (κ1) is 13.5. The van der Waals surface area contributed by atoms with E-state index in [1.165, 1.54) is 6.07 Å². The molecule has 1 unspecified atom stereocenters. The molecule has 0 fully saturated rings. The average molecular weight is 312 g/mol. The zero-order valence-electron chi connectivity index (χ0n) is 12.1. The van der Waals surface area contributed by atoms with E-state index < -0.39 is 16.8 Å². The van der Waals surface area contributed by atoms with Gasteiger partial charge in [0.2, 0.25) is 0 Å². The molecule has 0 saturated heterocycles. The Labute approximate surface area is 130 Å². The number of esters is 1. The molecular formula is C15H12N4O4. The topological polar surface area (TPSA) is 110 Å². The van der Waals surface area contributed by atoms with E-state index in [-0.39, 0.29) is 12.3 Å². The van der Waals surface area contributed by atoms with Crippen LogP contribution < -0.4 is 5.32 Å². The minimum absolute atomic E-state index is 0.0301. The second-order valence-corrected chi connectivity index (χ2v) is 5.45. The van der Waals surface area contributed by atoms with Crippen LogP contribution in [0.1, 0.15) is 22.7 Å². The van der Waals surface area contributed by atoms with Crippen LogP contribution in [0.25, 0.3) is 0 Å². The third-order valence-electron chi connectivity index (χ3n) is 4.18. The summed E-state index contributed by atoms with van der Waals surface area (Å²) in [7, 11) is 0. The van der Waals surface area contributed by atoms with Crippen molar-refractivity contribution in [2.45, 2.75) is 12.8 Å². The van der Waals surface area contributed by atoms with Crippen LogP contribution in [0.15, 0.2) is 35.5 Å². The number of nitrogens with zero attached hydrogens (tertiary/aromatic N) is 2. The molecule has 8 heteroatoms. The second-order valence-electron chi connectivity index (χ2n) is 5.45. The fourth-order valence-electron chi connectivity index (χ4n) is 3.19. The highest BCUT2D eigenvalue weighted by Crippen LogP contribution is 2.46. The van der Waals surface area contributed by atoms with E-state index in [4.69, 9.17) is 4.74 Å². The van der Waals surface area contributed by atoms with Crippen molar-refractivity contribution < 1.29 is 14.5 Å². The third kappa shape index (κ3) is 1.84. The smallest absolute Gasteiger partial charge is 0.337 e. The number of rotatable bonds is 2. The average Bonchev–Trinajstić information content (AvgIpc) is 3.09. The molecule has 0 aliphatic carbocycles. The number of aromatic nitrogens is 2. The van der Waals surface area contributed by atoms with Crippen molar-refractivity contribution in [3.63, 3.8) is 0 Å². The molecule has 4 rings (SSSR count). The molecule has 0 saturated carbocycles. The molecule has 116 valence electrons. The molecule has 0 radical (unpaired) electrons. The van der Waals surface area contributed by atoms with Crippen molar-refractivity contribution >= 4 is 17.5 Å². The molecule has 23 heavy (non-hydrogen) atoms. The number of benzene rings is 1. The summed E-state index contributed by atoms with van der Waals surface area (Å²) in [5.41, 5.74) is 2.93. The Morgan fingerprint density at radius 3 is 2.96 bits per heavy atom. The highest BCUT2D eigenvalue weighted by Gasteiger charge is 2.42. The summed E-state index contributed by atoms with van der Waals surface area (Å²) in [5.74, 6) is -0.457. The first-order valence-corrected chi connectivity index (χ1v) is 7.03. The van der Waals surface area contributed by atoms with Crippen LogP contribution in [-0.2, 0) is 9.53 Å². The Balaban J connectivity index is 2.00. The zero-order chi connectivity index (χ0) is 16.1. The normalized spacial score (nSPS) is 19.0. The van der Waals surface area contributed by atoms with Gasteiger partial charge in [0.15, 0.2) is 5.82 Å². The summed E-state index contributed by atoms with van der Waals surface area (Å²) in [6.07, 6.45) is 0. The maximum Gasteiger partial charge on any atom is 0.337 e. The Hall–Kier alpha value is -3.16. The predicted molar refractivity (Wildman–Crippen MR) is 79.9 cm³/mol. The number of nitrogens with one attached hydrogen (secondary N) is 2. The largest absolute Gasteiger partial charge is 0.456 e. The number of carbonyl (C=O) groups excluding carboxylic acids is 1. The monoisotopic (exact) mass is 312 g/mol. The number of H-pyrrole nitrogens is 1. The van der Waals surface area contributed by atoms with Crippen LogP contribution in [0, 0.1) is 17.0 Å². The summed E-state index contributed by atoms with van der Waals surface area (Å²) in [4.78, 5) is 23.2. The molecule has 8 nitrogen and oxygen atoms in total. The van der Waals surface area contributed by atoms with Crippen LogP contribution in [0.4, 0.5) is 11.5 Å². The number of ether oxygens (including phenoxy) is 1. The number of fused-ring (bicyclic) bond motifs is 1. The van der Waals surface area contributed by atoms with Gasteiger partial charge < -0.3 is 10.1 Å². The van der Waals surface area contributed by atoms with Gasteiger partial charge in [-0.15, -0.1) is 0 Å². The first-order chi connectivity index (χ1) is 11.1. The molecule has 1 aromatic carbocycles. The third-order valence-corrected chi connectivity index (χ3v) is 4.18. The van der Waals surface area contributed by atoms with Crippen molar-refractivity contribution in [2.24, 2.45) is 0 Å². The highest BCUT2D eigenvalue weighted by molar-refractivity contribution is 5.97. The van der Waals surface area contributed by atoms with E-state index in [1.54, 1.807) is 18.2 Å². The molecule has 2 aliphatic rings. The van der Waals surface area contributed by atoms with Crippen LogP contribution in [0.2, 0.25) is 0 Å². The lowest BCUT2D eigenvalue weighted by molar-refractivity contribution is -0.385. The van der Waals surface area contributed by atoms with E-state index in [0.29, 0.717) is 22.7 Å². The highest BCUT2D eigenvalue weighted by atomic mass is 16.6. The lowest BCUT2D eigenvalue weighted by Crippen LogP contribution is -2.20. The van der Waals surface area contributed by atoms with Crippen molar-refractivity contribution in [1.29, 1.82) is 0 Å². The van der Waals surface area contributed by atoms with Crippen LogP contribution in [0.3, 0.4) is 0 Å². The second kappa shape index (κ2) is 4.67. The minimum Gasteiger partial charge on any atom is -0.456 e. The molecule has 0 spiro atoms. The summed E-state index contributed by atoms with van der Waals surface area (Å²) in [6, 6.07) is 6.43. The molecule has 2 aliphatic heterocycles. The lowest BCUT2D eigenvalue weighted by atomic mass is 9.81. The standard InChI is InChI=1S/C15H12N4O4/c1-7-11-12(8-4-2-3-5-10(8)19(21)22)13-9(6-23-15(13)20)16-14(11)18-17-7/h2-5,12H,6H2,1H3,(H2,16,17,18). The number of aromatic amines is 1. The van der Waals surface area contributed by atoms with Gasteiger partial charge in [0.05, 0.1) is 22.1 Å². The van der Waals surface area contributed by atoms with Crippen molar-refractivity contribution in [3.05, 3.63) is 62.5 Å². The van der Waals surface area contributed by atoms with E-state index in [2.05, 4.69) is 15.5 Å². The van der Waals surface area contributed by atoms with Gasteiger partial charge in [0, 0.05) is 22.9 Å². The fourth-order valence-corrected chi connectivity index (χ4v) is 3.19. The molecular weight excluding hydrogens is 300 g/mol. The Morgan fingerprint density at radius 2 is 2.17 bits per heavy atom. The molecule has 2 N–H and O–H groups in total. The number of hydrogen-bond donors (Lipinski definition) is 2. The Kier molecular flexibility index (Phi) is 2.74. The van der Waals surface area contributed by atoms with E-state index >= 15 is 0 Å². The van der Waals surface area contributed by atoms with Crippen LogP contribution >= 0.6 is 0 Å². The molecule has 0 bridgehead atoms. The van der Waals surface area contributed by atoms with Gasteiger partial charge in [-0.2, -0.15) is 5.10 Å². The molecule has 3 heterocycles. The number of para-hydroxylation sites is 1. The lowest BCUT2D eigenvalue weighted by Gasteiger charge is -2.24. The van der Waals surface area contributed by atoms with Gasteiger partial charge >= 0.3 is 5.97 Å². The van der Waals surface area contributed by atoms with Gasteiger partial charge in [-0.05, 0) is 6.92 Å². The number of aryl methyl sites for hydroxylation is 1.